The predicted molar refractivity (Wildman–Crippen MR) is 71.8 cm³/mol. The van der Waals surface area contributed by atoms with Crippen molar-refractivity contribution in [2.45, 2.75) is 6.18 Å². The standard InChI is InChI=1S/C15H10ClF3/c16-13-6-3-4-11(10-13)8-9-12-5-1-2-7-14(12)15(17,18)19/h1-10H/b9-8+. The molecule has 98 valence electrons. The third-order valence-corrected chi connectivity index (χ3v) is 2.81. The summed E-state index contributed by atoms with van der Waals surface area (Å²) in [6.07, 6.45) is -1.31. The van der Waals surface area contributed by atoms with Crippen LogP contribution in [-0.4, -0.2) is 0 Å². The lowest BCUT2D eigenvalue weighted by Crippen LogP contribution is -2.06. The molecule has 0 radical (unpaired) electrons. The molecule has 2 rings (SSSR count). The molecule has 0 N–H and O–H groups in total. The Morgan fingerprint density at radius 3 is 2.32 bits per heavy atom. The van der Waals surface area contributed by atoms with E-state index in [0.29, 0.717) is 5.02 Å². The van der Waals surface area contributed by atoms with E-state index < -0.39 is 11.7 Å². The zero-order valence-corrected chi connectivity index (χ0v) is 10.5. The van der Waals surface area contributed by atoms with E-state index in [1.807, 2.05) is 0 Å². The Kier molecular flexibility index (Phi) is 3.96. The quantitative estimate of drug-likeness (QED) is 0.635. The summed E-state index contributed by atoms with van der Waals surface area (Å²) in [5, 5.41) is 0.547. The summed E-state index contributed by atoms with van der Waals surface area (Å²) in [5.41, 5.74) is 0.243. The molecule has 0 heterocycles. The van der Waals surface area contributed by atoms with Crippen molar-refractivity contribution < 1.29 is 13.2 Å². The van der Waals surface area contributed by atoms with Gasteiger partial charge in [-0.2, -0.15) is 13.2 Å². The van der Waals surface area contributed by atoms with Crippen LogP contribution in [-0.2, 0) is 6.18 Å². The molecule has 0 bridgehead atoms. The van der Waals surface area contributed by atoms with Crippen LogP contribution in [0.1, 0.15) is 16.7 Å². The molecule has 0 saturated heterocycles. The summed E-state index contributed by atoms with van der Waals surface area (Å²) in [6, 6.07) is 12.4. The fourth-order valence-electron chi connectivity index (χ4n) is 1.70. The van der Waals surface area contributed by atoms with Gasteiger partial charge in [0.05, 0.1) is 5.56 Å². The SMILES string of the molecule is FC(F)(F)c1ccccc1/C=C/c1cccc(Cl)c1. The second-order valence-corrected chi connectivity index (χ2v) is 4.41. The number of hydrogen-bond acceptors (Lipinski definition) is 0. The maximum absolute atomic E-state index is 12.8. The maximum Gasteiger partial charge on any atom is 0.416 e. The van der Waals surface area contributed by atoms with Gasteiger partial charge >= 0.3 is 6.18 Å². The molecule has 0 nitrogen and oxygen atoms in total. The van der Waals surface area contributed by atoms with Crippen molar-refractivity contribution in [1.82, 2.24) is 0 Å². The molecule has 0 fully saturated rings. The van der Waals surface area contributed by atoms with Gasteiger partial charge in [-0.3, -0.25) is 0 Å². The lowest BCUT2D eigenvalue weighted by Gasteiger charge is -2.09. The van der Waals surface area contributed by atoms with Crippen LogP contribution in [0.2, 0.25) is 5.02 Å². The maximum atomic E-state index is 12.8. The van der Waals surface area contributed by atoms with Crippen molar-refractivity contribution in [2.24, 2.45) is 0 Å². The van der Waals surface area contributed by atoms with Crippen LogP contribution in [0.15, 0.2) is 48.5 Å². The Labute approximate surface area is 114 Å². The molecule has 19 heavy (non-hydrogen) atoms. The Hall–Kier alpha value is -1.74. The first-order valence-corrected chi connectivity index (χ1v) is 5.94. The summed E-state index contributed by atoms with van der Waals surface area (Å²) in [4.78, 5) is 0. The molecule has 0 aromatic heterocycles. The molecule has 0 amide bonds. The molecule has 2 aromatic carbocycles. The smallest absolute Gasteiger partial charge is 0.166 e. The molecule has 2 aromatic rings. The van der Waals surface area contributed by atoms with Crippen LogP contribution >= 0.6 is 11.6 Å². The molecule has 0 atom stereocenters. The molecular weight excluding hydrogens is 273 g/mol. The first-order valence-electron chi connectivity index (χ1n) is 5.57. The lowest BCUT2D eigenvalue weighted by atomic mass is 10.1. The van der Waals surface area contributed by atoms with E-state index in [1.165, 1.54) is 18.2 Å². The van der Waals surface area contributed by atoms with Crippen LogP contribution in [0.3, 0.4) is 0 Å². The Morgan fingerprint density at radius 1 is 0.895 bits per heavy atom. The van der Waals surface area contributed by atoms with E-state index in [2.05, 4.69) is 0 Å². The number of halogens is 4. The normalized spacial score (nSPS) is 12.0. The minimum absolute atomic E-state index is 0.134. The predicted octanol–water partition coefficient (Wildman–Crippen LogP) is 5.53. The van der Waals surface area contributed by atoms with Gasteiger partial charge in [-0.1, -0.05) is 54.1 Å². The van der Waals surface area contributed by atoms with Crippen molar-refractivity contribution in [3.05, 3.63) is 70.2 Å². The first kappa shape index (κ1) is 13.7. The van der Waals surface area contributed by atoms with Crippen molar-refractivity contribution in [1.29, 1.82) is 0 Å². The van der Waals surface area contributed by atoms with Crippen LogP contribution < -0.4 is 0 Å². The van der Waals surface area contributed by atoms with E-state index in [-0.39, 0.29) is 5.56 Å². The van der Waals surface area contributed by atoms with Crippen molar-refractivity contribution in [2.75, 3.05) is 0 Å². The summed E-state index contributed by atoms with van der Waals surface area (Å²) < 4.78 is 38.3. The summed E-state index contributed by atoms with van der Waals surface area (Å²) in [7, 11) is 0. The third kappa shape index (κ3) is 3.61. The lowest BCUT2D eigenvalue weighted by molar-refractivity contribution is -0.137. The van der Waals surface area contributed by atoms with Gasteiger partial charge in [0, 0.05) is 5.02 Å². The molecule has 4 heteroatoms. The third-order valence-electron chi connectivity index (χ3n) is 2.57. The average molecular weight is 283 g/mol. The van der Waals surface area contributed by atoms with E-state index in [0.717, 1.165) is 11.6 Å². The van der Waals surface area contributed by atoms with Gasteiger partial charge in [0.1, 0.15) is 0 Å². The Balaban J connectivity index is 2.34. The Bertz CT molecular complexity index is 600. The number of hydrogen-bond donors (Lipinski definition) is 0. The van der Waals surface area contributed by atoms with Crippen LogP contribution in [0.4, 0.5) is 13.2 Å². The highest BCUT2D eigenvalue weighted by Gasteiger charge is 2.32. The summed E-state index contributed by atoms with van der Waals surface area (Å²) in [6.45, 7) is 0. The highest BCUT2D eigenvalue weighted by atomic mass is 35.5. The van der Waals surface area contributed by atoms with Crippen LogP contribution in [0, 0.1) is 0 Å². The number of alkyl halides is 3. The molecule has 0 spiro atoms. The molecule has 0 unspecified atom stereocenters. The largest absolute Gasteiger partial charge is 0.416 e. The zero-order valence-electron chi connectivity index (χ0n) is 9.79. The van der Waals surface area contributed by atoms with E-state index in [1.54, 1.807) is 36.4 Å². The average Bonchev–Trinajstić information content (AvgIpc) is 2.36. The van der Waals surface area contributed by atoms with Crippen molar-refractivity contribution >= 4 is 23.8 Å². The summed E-state index contributed by atoms with van der Waals surface area (Å²) >= 11 is 5.82. The molecule has 0 aliphatic heterocycles. The first-order chi connectivity index (χ1) is 8.97. The highest BCUT2D eigenvalue weighted by Crippen LogP contribution is 2.32. The minimum Gasteiger partial charge on any atom is -0.166 e. The van der Waals surface area contributed by atoms with Crippen LogP contribution in [0.5, 0.6) is 0 Å². The highest BCUT2D eigenvalue weighted by molar-refractivity contribution is 6.30. The van der Waals surface area contributed by atoms with Gasteiger partial charge in [0.25, 0.3) is 0 Å². The molecule has 0 aliphatic carbocycles. The number of benzene rings is 2. The summed E-state index contributed by atoms with van der Waals surface area (Å²) in [5.74, 6) is 0. The van der Waals surface area contributed by atoms with Gasteiger partial charge in [0.15, 0.2) is 0 Å². The minimum atomic E-state index is -4.35. The molecule has 0 aliphatic rings. The fraction of sp³-hybridized carbons (Fsp3) is 0.0667. The van der Waals surface area contributed by atoms with Gasteiger partial charge in [0.2, 0.25) is 0 Å². The van der Waals surface area contributed by atoms with Crippen molar-refractivity contribution in [3.8, 4) is 0 Å². The van der Waals surface area contributed by atoms with E-state index in [4.69, 9.17) is 11.6 Å². The molecule has 0 saturated carbocycles. The second-order valence-electron chi connectivity index (χ2n) is 3.97. The van der Waals surface area contributed by atoms with Crippen LogP contribution in [0.25, 0.3) is 12.2 Å². The second kappa shape index (κ2) is 5.49. The van der Waals surface area contributed by atoms with Gasteiger partial charge in [-0.25, -0.2) is 0 Å². The van der Waals surface area contributed by atoms with Crippen molar-refractivity contribution in [3.63, 3.8) is 0 Å². The fourth-order valence-corrected chi connectivity index (χ4v) is 1.90. The monoisotopic (exact) mass is 282 g/mol. The van der Waals surface area contributed by atoms with E-state index in [9.17, 15) is 13.2 Å². The van der Waals surface area contributed by atoms with Gasteiger partial charge in [-0.15, -0.1) is 0 Å². The Morgan fingerprint density at radius 2 is 1.63 bits per heavy atom. The van der Waals surface area contributed by atoms with E-state index >= 15 is 0 Å². The zero-order chi connectivity index (χ0) is 13.9. The number of rotatable bonds is 2. The topological polar surface area (TPSA) is 0 Å². The molecular formula is C15H10ClF3. The van der Waals surface area contributed by atoms with Gasteiger partial charge in [-0.05, 0) is 29.3 Å². The van der Waals surface area contributed by atoms with Gasteiger partial charge < -0.3 is 0 Å².